The second kappa shape index (κ2) is 5.96. The minimum Gasteiger partial charge on any atom is -0.396 e. The second-order valence-electron chi connectivity index (χ2n) is 4.31. The van der Waals surface area contributed by atoms with Crippen molar-refractivity contribution in [2.75, 3.05) is 22.6 Å². The first-order valence-electron chi connectivity index (χ1n) is 6.20. The standard InChI is InChI=1S/C14H19N3S/c1-3-18-9-10(2)17-14-11-6-4-5-7-13(11)16-8-12(14)15/h4-8,10H,3,9,15H2,1-2H3,(H,16,17). The number of nitrogens with one attached hydrogen (secondary N) is 1. The second-order valence-corrected chi connectivity index (χ2v) is 5.63. The molecule has 0 aliphatic rings. The third kappa shape index (κ3) is 2.88. The number of fused-ring (bicyclic) bond motifs is 1. The van der Waals surface area contributed by atoms with Gasteiger partial charge in [0.1, 0.15) is 0 Å². The summed E-state index contributed by atoms with van der Waals surface area (Å²) in [5.74, 6) is 2.21. The molecule has 1 heterocycles. The molecule has 0 aliphatic heterocycles. The summed E-state index contributed by atoms with van der Waals surface area (Å²) in [7, 11) is 0. The molecule has 1 unspecified atom stereocenters. The topological polar surface area (TPSA) is 50.9 Å². The van der Waals surface area contributed by atoms with Gasteiger partial charge in [-0.2, -0.15) is 11.8 Å². The van der Waals surface area contributed by atoms with Crippen molar-refractivity contribution < 1.29 is 0 Å². The zero-order valence-electron chi connectivity index (χ0n) is 10.8. The first kappa shape index (κ1) is 13.0. The van der Waals surface area contributed by atoms with Gasteiger partial charge in [0.25, 0.3) is 0 Å². The Bertz CT molecular complexity index is 527. The van der Waals surface area contributed by atoms with Gasteiger partial charge in [-0.15, -0.1) is 0 Å². The molecule has 0 spiro atoms. The predicted molar refractivity (Wildman–Crippen MR) is 82.2 cm³/mol. The molecule has 0 aliphatic carbocycles. The largest absolute Gasteiger partial charge is 0.396 e. The maximum atomic E-state index is 6.03. The van der Waals surface area contributed by atoms with Gasteiger partial charge in [0.05, 0.1) is 23.1 Å². The quantitative estimate of drug-likeness (QED) is 0.866. The van der Waals surface area contributed by atoms with E-state index < -0.39 is 0 Å². The molecule has 0 bridgehead atoms. The molecule has 0 saturated heterocycles. The fourth-order valence-corrected chi connectivity index (χ4v) is 2.57. The van der Waals surface area contributed by atoms with Gasteiger partial charge in [-0.3, -0.25) is 4.98 Å². The van der Waals surface area contributed by atoms with Gasteiger partial charge in [-0.25, -0.2) is 0 Å². The molecule has 1 atom stereocenters. The number of thioether (sulfide) groups is 1. The van der Waals surface area contributed by atoms with Crippen LogP contribution in [0.15, 0.2) is 30.5 Å². The van der Waals surface area contributed by atoms with Crippen LogP contribution in [0.5, 0.6) is 0 Å². The predicted octanol–water partition coefficient (Wildman–Crippen LogP) is 3.37. The van der Waals surface area contributed by atoms with E-state index in [1.54, 1.807) is 6.20 Å². The molecular weight excluding hydrogens is 242 g/mol. The summed E-state index contributed by atoms with van der Waals surface area (Å²) in [5, 5.41) is 4.59. The van der Waals surface area contributed by atoms with Gasteiger partial charge in [0.2, 0.25) is 0 Å². The number of hydrogen-bond acceptors (Lipinski definition) is 4. The number of pyridine rings is 1. The van der Waals surface area contributed by atoms with Crippen LogP contribution >= 0.6 is 11.8 Å². The van der Waals surface area contributed by atoms with E-state index in [0.29, 0.717) is 11.7 Å². The van der Waals surface area contributed by atoms with Crippen LogP contribution in [0.3, 0.4) is 0 Å². The smallest absolute Gasteiger partial charge is 0.0743 e. The number of benzene rings is 1. The van der Waals surface area contributed by atoms with Crippen molar-refractivity contribution in [1.82, 2.24) is 4.98 Å². The van der Waals surface area contributed by atoms with Crippen LogP contribution in [0, 0.1) is 0 Å². The molecule has 2 aromatic rings. The summed E-state index contributed by atoms with van der Waals surface area (Å²) in [6.45, 7) is 4.35. The molecule has 2 rings (SSSR count). The summed E-state index contributed by atoms with van der Waals surface area (Å²) in [6.07, 6.45) is 1.73. The third-order valence-corrected chi connectivity index (χ3v) is 3.91. The first-order valence-corrected chi connectivity index (χ1v) is 7.35. The molecule has 0 fully saturated rings. The minimum atomic E-state index is 0.392. The minimum absolute atomic E-state index is 0.392. The maximum absolute atomic E-state index is 6.03. The molecule has 0 saturated carbocycles. The zero-order chi connectivity index (χ0) is 13.0. The molecule has 0 amide bonds. The summed E-state index contributed by atoms with van der Waals surface area (Å²) < 4.78 is 0. The van der Waals surface area contributed by atoms with Crippen LogP contribution in [-0.2, 0) is 0 Å². The van der Waals surface area contributed by atoms with E-state index in [0.717, 1.165) is 28.1 Å². The molecular formula is C14H19N3S. The van der Waals surface area contributed by atoms with Gasteiger partial charge in [0, 0.05) is 17.2 Å². The van der Waals surface area contributed by atoms with Gasteiger partial charge in [-0.05, 0) is 18.7 Å². The number of aromatic nitrogens is 1. The van der Waals surface area contributed by atoms with Crippen LogP contribution in [0.25, 0.3) is 10.9 Å². The number of para-hydroxylation sites is 1. The Hall–Kier alpha value is -1.42. The van der Waals surface area contributed by atoms with Gasteiger partial charge >= 0.3 is 0 Å². The van der Waals surface area contributed by atoms with Crippen molar-refractivity contribution >= 4 is 34.0 Å². The Balaban J connectivity index is 2.28. The van der Waals surface area contributed by atoms with E-state index in [2.05, 4.69) is 30.2 Å². The van der Waals surface area contributed by atoms with E-state index in [1.165, 1.54) is 0 Å². The highest BCUT2D eigenvalue weighted by Crippen LogP contribution is 2.28. The lowest BCUT2D eigenvalue weighted by atomic mass is 10.1. The number of nitrogens with two attached hydrogens (primary N) is 1. The van der Waals surface area contributed by atoms with Crippen molar-refractivity contribution in [1.29, 1.82) is 0 Å². The van der Waals surface area contributed by atoms with Crippen LogP contribution in [0.2, 0.25) is 0 Å². The Morgan fingerprint density at radius 2 is 2.17 bits per heavy atom. The lowest BCUT2D eigenvalue weighted by Gasteiger charge is -2.17. The van der Waals surface area contributed by atoms with Crippen molar-refractivity contribution in [3.05, 3.63) is 30.5 Å². The molecule has 18 heavy (non-hydrogen) atoms. The monoisotopic (exact) mass is 261 g/mol. The average Bonchev–Trinajstić information content (AvgIpc) is 2.40. The molecule has 3 nitrogen and oxygen atoms in total. The number of nitrogens with zero attached hydrogens (tertiary/aromatic N) is 1. The van der Waals surface area contributed by atoms with Crippen molar-refractivity contribution in [2.24, 2.45) is 0 Å². The number of nitrogen functional groups attached to an aromatic ring is 1. The SMILES string of the molecule is CCSCC(C)Nc1c(N)cnc2ccccc12. The molecule has 0 radical (unpaired) electrons. The lowest BCUT2D eigenvalue weighted by molar-refractivity contribution is 0.915. The van der Waals surface area contributed by atoms with Crippen LogP contribution in [0.4, 0.5) is 11.4 Å². The molecule has 96 valence electrons. The van der Waals surface area contributed by atoms with E-state index in [4.69, 9.17) is 5.73 Å². The average molecular weight is 261 g/mol. The van der Waals surface area contributed by atoms with Crippen molar-refractivity contribution in [3.8, 4) is 0 Å². The summed E-state index contributed by atoms with van der Waals surface area (Å²) in [4.78, 5) is 4.34. The fraction of sp³-hybridized carbons (Fsp3) is 0.357. The van der Waals surface area contributed by atoms with E-state index in [9.17, 15) is 0 Å². The maximum Gasteiger partial charge on any atom is 0.0743 e. The number of anilines is 2. The Morgan fingerprint density at radius 1 is 1.39 bits per heavy atom. The summed E-state index contributed by atoms with van der Waals surface area (Å²) in [5.41, 5.74) is 8.72. The molecule has 4 heteroatoms. The highest BCUT2D eigenvalue weighted by molar-refractivity contribution is 7.99. The van der Waals surface area contributed by atoms with Crippen molar-refractivity contribution in [2.45, 2.75) is 19.9 Å². The normalized spacial score (nSPS) is 12.6. The highest BCUT2D eigenvalue weighted by atomic mass is 32.2. The van der Waals surface area contributed by atoms with Crippen LogP contribution < -0.4 is 11.1 Å². The van der Waals surface area contributed by atoms with E-state index >= 15 is 0 Å². The van der Waals surface area contributed by atoms with Gasteiger partial charge in [0.15, 0.2) is 0 Å². The Kier molecular flexibility index (Phi) is 4.31. The number of hydrogen-bond donors (Lipinski definition) is 2. The summed E-state index contributed by atoms with van der Waals surface area (Å²) in [6, 6.07) is 8.46. The number of rotatable bonds is 5. The molecule has 1 aromatic carbocycles. The van der Waals surface area contributed by atoms with Gasteiger partial charge < -0.3 is 11.1 Å². The Labute approximate surface area is 112 Å². The van der Waals surface area contributed by atoms with E-state index in [-0.39, 0.29) is 0 Å². The van der Waals surface area contributed by atoms with Crippen molar-refractivity contribution in [3.63, 3.8) is 0 Å². The van der Waals surface area contributed by atoms with Crippen LogP contribution in [-0.4, -0.2) is 22.5 Å². The molecule has 3 N–H and O–H groups in total. The molecule has 1 aromatic heterocycles. The first-order chi connectivity index (χ1) is 8.72. The van der Waals surface area contributed by atoms with Gasteiger partial charge in [-0.1, -0.05) is 25.1 Å². The van der Waals surface area contributed by atoms with Crippen LogP contribution in [0.1, 0.15) is 13.8 Å². The summed E-state index contributed by atoms with van der Waals surface area (Å²) >= 11 is 1.93. The zero-order valence-corrected chi connectivity index (χ0v) is 11.6. The third-order valence-electron chi connectivity index (χ3n) is 2.77. The lowest BCUT2D eigenvalue weighted by Crippen LogP contribution is -2.19. The highest BCUT2D eigenvalue weighted by Gasteiger charge is 2.09. The fourth-order valence-electron chi connectivity index (χ4n) is 1.90. The van der Waals surface area contributed by atoms with E-state index in [1.807, 2.05) is 30.0 Å². The Morgan fingerprint density at radius 3 is 2.94 bits per heavy atom.